The minimum atomic E-state index is -0.0142. The van der Waals surface area contributed by atoms with Crippen LogP contribution in [0.5, 0.6) is 0 Å². The smallest absolute Gasteiger partial charge is 0.137 e. The molecule has 0 radical (unpaired) electrons. The molecule has 0 N–H and O–H groups in total. The minimum absolute atomic E-state index is 0.0142. The van der Waals surface area contributed by atoms with Crippen molar-refractivity contribution < 1.29 is 4.79 Å². The molecular formula is C13H18ClNO. The quantitative estimate of drug-likeness (QED) is 0.788. The lowest BCUT2D eigenvalue weighted by atomic mass is 9.92. The van der Waals surface area contributed by atoms with Crippen LogP contribution in [0.15, 0.2) is 24.3 Å². The molecule has 1 rings (SSSR count). The zero-order valence-corrected chi connectivity index (χ0v) is 10.8. The number of halogens is 1. The number of rotatable bonds is 5. The van der Waals surface area contributed by atoms with Crippen molar-refractivity contribution in [3.8, 4) is 0 Å². The molecule has 1 unspecified atom stereocenters. The van der Waals surface area contributed by atoms with Gasteiger partial charge in [0, 0.05) is 10.9 Å². The van der Waals surface area contributed by atoms with Crippen LogP contribution in [0.3, 0.4) is 0 Å². The molecule has 0 saturated heterocycles. The van der Waals surface area contributed by atoms with Crippen molar-refractivity contribution in [3.63, 3.8) is 0 Å². The van der Waals surface area contributed by atoms with Crippen LogP contribution in [0.4, 0.5) is 0 Å². The van der Waals surface area contributed by atoms with Crippen LogP contribution >= 0.6 is 11.6 Å². The van der Waals surface area contributed by atoms with Gasteiger partial charge in [0.1, 0.15) is 5.78 Å². The van der Waals surface area contributed by atoms with E-state index in [4.69, 9.17) is 11.6 Å². The Morgan fingerprint density at radius 3 is 2.31 bits per heavy atom. The SMILES string of the molecule is CC(=O)C(CCN(C)C)c1ccc(Cl)cc1. The van der Waals surface area contributed by atoms with Gasteiger partial charge < -0.3 is 4.90 Å². The first kappa shape index (κ1) is 13.2. The van der Waals surface area contributed by atoms with Crippen molar-refractivity contribution in [3.05, 3.63) is 34.9 Å². The first-order chi connectivity index (χ1) is 7.50. The fourth-order valence-corrected chi connectivity index (χ4v) is 1.81. The summed E-state index contributed by atoms with van der Waals surface area (Å²) in [5, 5.41) is 0.707. The monoisotopic (exact) mass is 239 g/mol. The Hall–Kier alpha value is -0.860. The van der Waals surface area contributed by atoms with Crippen LogP contribution in [0.25, 0.3) is 0 Å². The lowest BCUT2D eigenvalue weighted by molar-refractivity contribution is -0.118. The maximum Gasteiger partial charge on any atom is 0.137 e. The molecule has 0 spiro atoms. The summed E-state index contributed by atoms with van der Waals surface area (Å²) < 4.78 is 0. The Balaban J connectivity index is 2.77. The molecule has 1 aromatic carbocycles. The second-order valence-corrected chi connectivity index (χ2v) is 4.74. The van der Waals surface area contributed by atoms with E-state index in [9.17, 15) is 4.79 Å². The Labute approximate surface area is 102 Å². The lowest BCUT2D eigenvalue weighted by Crippen LogP contribution is -2.19. The minimum Gasteiger partial charge on any atom is -0.309 e. The molecule has 88 valence electrons. The molecule has 0 aliphatic heterocycles. The van der Waals surface area contributed by atoms with E-state index in [1.807, 2.05) is 38.4 Å². The first-order valence-corrected chi connectivity index (χ1v) is 5.79. The Kier molecular flexibility index (Phi) is 4.97. The number of benzene rings is 1. The Bertz CT molecular complexity index is 345. The predicted molar refractivity (Wildman–Crippen MR) is 68.0 cm³/mol. The van der Waals surface area contributed by atoms with Gasteiger partial charge in [-0.3, -0.25) is 4.79 Å². The summed E-state index contributed by atoms with van der Waals surface area (Å²) in [5.74, 6) is 0.198. The van der Waals surface area contributed by atoms with E-state index < -0.39 is 0 Å². The fourth-order valence-electron chi connectivity index (χ4n) is 1.69. The van der Waals surface area contributed by atoms with Crippen LogP contribution < -0.4 is 0 Å². The maximum absolute atomic E-state index is 11.6. The van der Waals surface area contributed by atoms with E-state index in [1.165, 1.54) is 0 Å². The van der Waals surface area contributed by atoms with Crippen molar-refractivity contribution in [2.75, 3.05) is 20.6 Å². The van der Waals surface area contributed by atoms with Gasteiger partial charge in [-0.25, -0.2) is 0 Å². The van der Waals surface area contributed by atoms with Crippen molar-refractivity contribution in [2.24, 2.45) is 0 Å². The highest BCUT2D eigenvalue weighted by molar-refractivity contribution is 6.30. The van der Waals surface area contributed by atoms with Gasteiger partial charge in [0.25, 0.3) is 0 Å². The van der Waals surface area contributed by atoms with Gasteiger partial charge in [0.15, 0.2) is 0 Å². The second kappa shape index (κ2) is 6.02. The molecular weight excluding hydrogens is 222 g/mol. The highest BCUT2D eigenvalue weighted by Crippen LogP contribution is 2.22. The summed E-state index contributed by atoms with van der Waals surface area (Å²) in [6.45, 7) is 2.56. The van der Waals surface area contributed by atoms with Crippen LogP contribution in [0.1, 0.15) is 24.8 Å². The lowest BCUT2D eigenvalue weighted by Gasteiger charge is -2.17. The third-order valence-corrected chi connectivity index (χ3v) is 2.88. The summed E-state index contributed by atoms with van der Waals surface area (Å²) in [6, 6.07) is 7.54. The zero-order valence-electron chi connectivity index (χ0n) is 10.0. The van der Waals surface area contributed by atoms with E-state index >= 15 is 0 Å². The number of hydrogen-bond donors (Lipinski definition) is 0. The Morgan fingerprint density at radius 2 is 1.88 bits per heavy atom. The van der Waals surface area contributed by atoms with Crippen molar-refractivity contribution in [2.45, 2.75) is 19.3 Å². The normalized spacial score (nSPS) is 12.8. The number of nitrogens with zero attached hydrogens (tertiary/aromatic N) is 1. The predicted octanol–water partition coefficient (Wildman–Crippen LogP) is 2.96. The molecule has 0 aromatic heterocycles. The second-order valence-electron chi connectivity index (χ2n) is 4.31. The molecule has 1 aromatic rings. The van der Waals surface area contributed by atoms with Gasteiger partial charge in [-0.2, -0.15) is 0 Å². The third kappa shape index (κ3) is 3.95. The maximum atomic E-state index is 11.6. The van der Waals surface area contributed by atoms with E-state index in [0.29, 0.717) is 5.02 Å². The van der Waals surface area contributed by atoms with Gasteiger partial charge in [0.05, 0.1) is 0 Å². The van der Waals surface area contributed by atoms with Crippen molar-refractivity contribution in [1.82, 2.24) is 4.90 Å². The average molecular weight is 240 g/mol. The summed E-state index contributed by atoms with van der Waals surface area (Å²) >= 11 is 5.83. The van der Waals surface area contributed by atoms with E-state index in [2.05, 4.69) is 4.90 Å². The standard InChI is InChI=1S/C13H18ClNO/c1-10(16)13(8-9-15(2)3)11-4-6-12(14)7-5-11/h4-7,13H,8-9H2,1-3H3. The number of hydrogen-bond acceptors (Lipinski definition) is 2. The number of ketones is 1. The summed E-state index contributed by atoms with van der Waals surface area (Å²) in [4.78, 5) is 13.7. The molecule has 0 aliphatic rings. The zero-order chi connectivity index (χ0) is 12.1. The highest BCUT2D eigenvalue weighted by Gasteiger charge is 2.16. The average Bonchev–Trinajstić information content (AvgIpc) is 2.20. The van der Waals surface area contributed by atoms with Gasteiger partial charge >= 0.3 is 0 Å². The first-order valence-electron chi connectivity index (χ1n) is 5.41. The van der Waals surface area contributed by atoms with E-state index in [0.717, 1.165) is 18.5 Å². The molecule has 16 heavy (non-hydrogen) atoms. The molecule has 0 fully saturated rings. The molecule has 0 saturated carbocycles. The molecule has 2 nitrogen and oxygen atoms in total. The van der Waals surface area contributed by atoms with Crippen LogP contribution in [-0.2, 0) is 4.79 Å². The summed E-state index contributed by atoms with van der Waals surface area (Å²) in [6.07, 6.45) is 0.851. The van der Waals surface area contributed by atoms with Crippen LogP contribution in [0.2, 0.25) is 5.02 Å². The van der Waals surface area contributed by atoms with E-state index in [1.54, 1.807) is 6.92 Å². The highest BCUT2D eigenvalue weighted by atomic mass is 35.5. The Morgan fingerprint density at radius 1 is 1.31 bits per heavy atom. The van der Waals surface area contributed by atoms with Gasteiger partial charge in [-0.1, -0.05) is 23.7 Å². The van der Waals surface area contributed by atoms with Crippen LogP contribution in [0, 0.1) is 0 Å². The number of carbonyl (C=O) groups is 1. The van der Waals surface area contributed by atoms with Gasteiger partial charge in [-0.15, -0.1) is 0 Å². The van der Waals surface area contributed by atoms with Crippen molar-refractivity contribution in [1.29, 1.82) is 0 Å². The number of Topliss-reactive ketones (excluding diaryl/α,β-unsaturated/α-hetero) is 1. The molecule has 3 heteroatoms. The third-order valence-electron chi connectivity index (χ3n) is 2.63. The number of carbonyl (C=O) groups excluding carboxylic acids is 1. The van der Waals surface area contributed by atoms with E-state index in [-0.39, 0.29) is 11.7 Å². The summed E-state index contributed by atoms with van der Waals surface area (Å²) in [7, 11) is 4.03. The molecule has 0 aliphatic carbocycles. The van der Waals surface area contributed by atoms with Gasteiger partial charge in [-0.05, 0) is 51.7 Å². The fraction of sp³-hybridized carbons (Fsp3) is 0.462. The molecule has 0 amide bonds. The molecule has 1 atom stereocenters. The van der Waals surface area contributed by atoms with Crippen LogP contribution in [-0.4, -0.2) is 31.3 Å². The van der Waals surface area contributed by atoms with Crippen molar-refractivity contribution >= 4 is 17.4 Å². The molecule has 0 heterocycles. The summed E-state index contributed by atoms with van der Waals surface area (Å²) in [5.41, 5.74) is 1.05. The topological polar surface area (TPSA) is 20.3 Å². The largest absolute Gasteiger partial charge is 0.309 e. The molecule has 0 bridgehead atoms. The van der Waals surface area contributed by atoms with Gasteiger partial charge in [0.2, 0.25) is 0 Å².